The summed E-state index contributed by atoms with van der Waals surface area (Å²) < 4.78 is 2.02. The molecular formula is C29H31N3. The third kappa shape index (κ3) is 4.25. The minimum Gasteiger partial charge on any atom is -0.333 e. The Kier molecular flexibility index (Phi) is 5.42. The smallest absolute Gasteiger partial charge is 0.158 e. The van der Waals surface area contributed by atoms with Crippen LogP contribution < -0.4 is 0 Å². The van der Waals surface area contributed by atoms with Crippen LogP contribution in [0.15, 0.2) is 79.1 Å². The fourth-order valence-corrected chi connectivity index (χ4v) is 4.86. The van der Waals surface area contributed by atoms with Gasteiger partial charge in [-0.25, -0.2) is 9.97 Å². The van der Waals surface area contributed by atoms with Crippen LogP contribution in [0.4, 0.5) is 0 Å². The van der Waals surface area contributed by atoms with Crippen LogP contribution in [0.3, 0.4) is 0 Å². The maximum absolute atomic E-state index is 4.95. The Balaban J connectivity index is 1.51. The van der Waals surface area contributed by atoms with Gasteiger partial charge in [0.2, 0.25) is 0 Å². The lowest BCUT2D eigenvalue weighted by Gasteiger charge is -2.34. The fraction of sp³-hybridized carbons (Fsp3) is 0.310. The molecule has 1 aliphatic carbocycles. The second-order valence-corrected chi connectivity index (χ2v) is 9.91. The van der Waals surface area contributed by atoms with Gasteiger partial charge < -0.3 is 4.57 Å². The van der Waals surface area contributed by atoms with Gasteiger partial charge in [-0.15, -0.1) is 0 Å². The molecule has 3 heteroatoms. The van der Waals surface area contributed by atoms with Crippen LogP contribution in [-0.2, 0) is 7.05 Å². The van der Waals surface area contributed by atoms with Crippen molar-refractivity contribution in [1.29, 1.82) is 0 Å². The molecule has 5 rings (SSSR count). The average Bonchev–Trinajstić information content (AvgIpc) is 3.25. The largest absolute Gasteiger partial charge is 0.333 e. The van der Waals surface area contributed by atoms with Crippen LogP contribution in [0.5, 0.6) is 0 Å². The molecule has 1 fully saturated rings. The van der Waals surface area contributed by atoms with Crippen molar-refractivity contribution in [2.45, 2.75) is 45.4 Å². The van der Waals surface area contributed by atoms with Gasteiger partial charge in [0.05, 0.1) is 5.69 Å². The van der Waals surface area contributed by atoms with E-state index in [0.29, 0.717) is 11.3 Å². The predicted molar refractivity (Wildman–Crippen MR) is 132 cm³/mol. The second kappa shape index (κ2) is 8.38. The molecule has 0 saturated heterocycles. The third-order valence-corrected chi connectivity index (χ3v) is 7.00. The molecular weight excluding hydrogens is 390 g/mol. The summed E-state index contributed by atoms with van der Waals surface area (Å²) in [7, 11) is 2.01. The molecule has 1 saturated carbocycles. The molecule has 0 aliphatic heterocycles. The maximum atomic E-state index is 4.95. The molecule has 0 radical (unpaired) electrons. The van der Waals surface area contributed by atoms with E-state index in [4.69, 9.17) is 4.98 Å². The normalized spacial score (nSPS) is 16.2. The van der Waals surface area contributed by atoms with Gasteiger partial charge in [0, 0.05) is 25.0 Å². The van der Waals surface area contributed by atoms with Gasteiger partial charge in [-0.3, -0.25) is 0 Å². The minimum absolute atomic E-state index is 0.503. The molecule has 1 aliphatic rings. The number of imidazole rings is 1. The standard InChI is InChI=1S/C29H31N3/c1-29(2)15-13-23(14-16-29)21-9-11-22(12-10-21)25-19-26(24-7-5-4-6-8-24)31-27(20-25)28-30-17-18-32(28)3/h4-12,17-20,23H,13-16H2,1-3H3. The summed E-state index contributed by atoms with van der Waals surface area (Å²) >= 11 is 0. The number of aromatic nitrogens is 3. The summed E-state index contributed by atoms with van der Waals surface area (Å²) in [4.78, 5) is 9.50. The van der Waals surface area contributed by atoms with E-state index in [1.807, 2.05) is 30.1 Å². The van der Waals surface area contributed by atoms with Crippen molar-refractivity contribution in [3.05, 3.63) is 84.7 Å². The predicted octanol–water partition coefficient (Wildman–Crippen LogP) is 7.50. The molecule has 4 aromatic rings. The Hall–Kier alpha value is -3.20. The highest BCUT2D eigenvalue weighted by atomic mass is 15.0. The molecule has 0 amide bonds. The second-order valence-electron chi connectivity index (χ2n) is 9.91. The highest BCUT2D eigenvalue weighted by Gasteiger charge is 2.27. The number of benzene rings is 2. The Bertz CT molecular complexity index is 1190. The summed E-state index contributed by atoms with van der Waals surface area (Å²) in [5.74, 6) is 1.57. The molecule has 0 bridgehead atoms. The molecule has 2 aromatic heterocycles. The van der Waals surface area contributed by atoms with Crippen LogP contribution in [0.2, 0.25) is 0 Å². The Morgan fingerprint density at radius 1 is 0.812 bits per heavy atom. The molecule has 0 N–H and O–H groups in total. The van der Waals surface area contributed by atoms with Gasteiger partial charge in [0.1, 0.15) is 5.69 Å². The van der Waals surface area contributed by atoms with Crippen LogP contribution in [0.25, 0.3) is 33.9 Å². The summed E-state index contributed by atoms with van der Waals surface area (Å²) in [6.45, 7) is 4.80. The zero-order chi connectivity index (χ0) is 22.1. The van der Waals surface area contributed by atoms with E-state index in [1.54, 1.807) is 0 Å². The van der Waals surface area contributed by atoms with E-state index in [9.17, 15) is 0 Å². The van der Waals surface area contributed by atoms with E-state index in [2.05, 4.69) is 79.5 Å². The van der Waals surface area contributed by atoms with Crippen LogP contribution in [0, 0.1) is 5.41 Å². The van der Waals surface area contributed by atoms with Crippen molar-refractivity contribution in [2.24, 2.45) is 12.5 Å². The van der Waals surface area contributed by atoms with Gasteiger partial charge in [0.25, 0.3) is 0 Å². The number of pyridine rings is 1. The highest BCUT2D eigenvalue weighted by molar-refractivity contribution is 5.75. The van der Waals surface area contributed by atoms with Crippen molar-refractivity contribution in [3.63, 3.8) is 0 Å². The summed E-state index contributed by atoms with van der Waals surface area (Å²) in [5.41, 5.74) is 7.36. The molecule has 0 spiro atoms. The van der Waals surface area contributed by atoms with Gasteiger partial charge in [-0.2, -0.15) is 0 Å². The van der Waals surface area contributed by atoms with E-state index >= 15 is 0 Å². The lowest BCUT2D eigenvalue weighted by atomic mass is 9.71. The summed E-state index contributed by atoms with van der Waals surface area (Å²) in [6, 6.07) is 24.0. The molecule has 0 unspecified atom stereocenters. The van der Waals surface area contributed by atoms with Gasteiger partial charge in [0.15, 0.2) is 5.82 Å². The van der Waals surface area contributed by atoms with Crippen LogP contribution in [-0.4, -0.2) is 14.5 Å². The monoisotopic (exact) mass is 421 g/mol. The van der Waals surface area contributed by atoms with E-state index in [1.165, 1.54) is 42.4 Å². The SMILES string of the molecule is Cn1ccnc1-c1cc(-c2ccc(C3CCC(C)(C)CC3)cc2)cc(-c2ccccc2)n1. The number of aryl methyl sites for hydroxylation is 1. The summed E-state index contributed by atoms with van der Waals surface area (Å²) in [5, 5.41) is 0. The molecule has 0 atom stereocenters. The average molecular weight is 422 g/mol. The number of nitrogens with zero attached hydrogens (tertiary/aromatic N) is 3. The number of hydrogen-bond acceptors (Lipinski definition) is 2. The van der Waals surface area contributed by atoms with E-state index in [0.717, 1.165) is 22.8 Å². The zero-order valence-corrected chi connectivity index (χ0v) is 19.3. The van der Waals surface area contributed by atoms with Crippen molar-refractivity contribution in [1.82, 2.24) is 14.5 Å². The van der Waals surface area contributed by atoms with Gasteiger partial charge in [-0.05, 0) is 65.8 Å². The van der Waals surface area contributed by atoms with Gasteiger partial charge in [-0.1, -0.05) is 68.4 Å². The fourth-order valence-electron chi connectivity index (χ4n) is 4.86. The Morgan fingerprint density at radius 2 is 1.50 bits per heavy atom. The van der Waals surface area contributed by atoms with Crippen molar-refractivity contribution in [3.8, 4) is 33.9 Å². The van der Waals surface area contributed by atoms with Crippen molar-refractivity contribution >= 4 is 0 Å². The molecule has 3 nitrogen and oxygen atoms in total. The first-order valence-electron chi connectivity index (χ1n) is 11.6. The Morgan fingerprint density at radius 3 is 2.16 bits per heavy atom. The first kappa shape index (κ1) is 20.7. The van der Waals surface area contributed by atoms with Crippen molar-refractivity contribution in [2.75, 3.05) is 0 Å². The third-order valence-electron chi connectivity index (χ3n) is 7.00. The lowest BCUT2D eigenvalue weighted by molar-refractivity contribution is 0.224. The maximum Gasteiger partial charge on any atom is 0.158 e. The first-order valence-corrected chi connectivity index (χ1v) is 11.6. The van der Waals surface area contributed by atoms with Gasteiger partial charge >= 0.3 is 0 Å². The highest BCUT2D eigenvalue weighted by Crippen LogP contribution is 2.42. The molecule has 2 aromatic carbocycles. The first-order chi connectivity index (χ1) is 15.5. The van der Waals surface area contributed by atoms with Crippen molar-refractivity contribution < 1.29 is 0 Å². The minimum atomic E-state index is 0.503. The quantitative estimate of drug-likeness (QED) is 0.341. The number of hydrogen-bond donors (Lipinski definition) is 0. The molecule has 2 heterocycles. The van der Waals surface area contributed by atoms with E-state index in [-0.39, 0.29) is 0 Å². The Labute approximate surface area is 191 Å². The van der Waals surface area contributed by atoms with Crippen LogP contribution >= 0.6 is 0 Å². The number of rotatable bonds is 4. The zero-order valence-electron chi connectivity index (χ0n) is 19.3. The topological polar surface area (TPSA) is 30.7 Å². The van der Waals surface area contributed by atoms with Crippen LogP contribution in [0.1, 0.15) is 51.0 Å². The van der Waals surface area contributed by atoms with E-state index < -0.39 is 0 Å². The lowest BCUT2D eigenvalue weighted by Crippen LogP contribution is -2.20. The summed E-state index contributed by atoms with van der Waals surface area (Å²) in [6.07, 6.45) is 9.01. The molecule has 32 heavy (non-hydrogen) atoms. The molecule has 162 valence electrons.